The Morgan fingerprint density at radius 2 is 1.81 bits per heavy atom. The molecule has 2 aromatic carbocycles. The van der Waals surface area contributed by atoms with Gasteiger partial charge in [0.25, 0.3) is 0 Å². The van der Waals surface area contributed by atoms with Gasteiger partial charge < -0.3 is 9.64 Å². The third-order valence-corrected chi connectivity index (χ3v) is 6.15. The van der Waals surface area contributed by atoms with E-state index in [9.17, 15) is 9.65 Å². The quantitative estimate of drug-likeness (QED) is 0.485. The second kappa shape index (κ2) is 11.8. The molecule has 0 bridgehead atoms. The van der Waals surface area contributed by atoms with E-state index in [0.29, 0.717) is 12.6 Å². The molecule has 4 nitrogen and oxygen atoms in total. The van der Waals surface area contributed by atoms with Gasteiger partial charge >= 0.3 is 0 Å². The predicted molar refractivity (Wildman–Crippen MR) is 123 cm³/mol. The van der Waals surface area contributed by atoms with Crippen LogP contribution in [0.4, 0.5) is 4.39 Å². The molecular formula is C26H34FN3O. The van der Waals surface area contributed by atoms with Crippen LogP contribution in [-0.4, -0.2) is 49.1 Å². The van der Waals surface area contributed by atoms with Crippen molar-refractivity contribution in [3.05, 3.63) is 65.0 Å². The average molecular weight is 424 g/mol. The SMILES string of the molecule is CCCCC(c1ccc(C)c(C#N)c1)N1CCN(CCCOc2ccc(F)cc2)CC1. The van der Waals surface area contributed by atoms with Gasteiger partial charge in [0, 0.05) is 38.8 Å². The third kappa shape index (κ3) is 6.78. The highest BCUT2D eigenvalue weighted by Gasteiger charge is 2.25. The van der Waals surface area contributed by atoms with E-state index in [2.05, 4.69) is 41.0 Å². The lowest BCUT2D eigenvalue weighted by molar-refractivity contribution is 0.0873. The molecule has 0 N–H and O–H groups in total. The maximum atomic E-state index is 13.0. The number of halogens is 1. The number of hydrogen-bond donors (Lipinski definition) is 0. The summed E-state index contributed by atoms with van der Waals surface area (Å²) in [5.74, 6) is 0.483. The van der Waals surface area contributed by atoms with Crippen LogP contribution in [0.3, 0.4) is 0 Å². The monoisotopic (exact) mass is 423 g/mol. The molecule has 0 aromatic heterocycles. The summed E-state index contributed by atoms with van der Waals surface area (Å²) in [7, 11) is 0. The predicted octanol–water partition coefficient (Wildman–Crippen LogP) is 5.32. The van der Waals surface area contributed by atoms with Crippen molar-refractivity contribution in [3.8, 4) is 11.8 Å². The van der Waals surface area contributed by atoms with Gasteiger partial charge in [-0.1, -0.05) is 31.9 Å². The topological polar surface area (TPSA) is 39.5 Å². The van der Waals surface area contributed by atoms with Gasteiger partial charge in [0.05, 0.1) is 18.2 Å². The smallest absolute Gasteiger partial charge is 0.123 e. The minimum Gasteiger partial charge on any atom is -0.494 e. The Labute approximate surface area is 186 Å². The molecule has 0 saturated carbocycles. The van der Waals surface area contributed by atoms with Gasteiger partial charge in [0.1, 0.15) is 11.6 Å². The Morgan fingerprint density at radius 3 is 2.48 bits per heavy atom. The van der Waals surface area contributed by atoms with Crippen LogP contribution in [0.1, 0.15) is 55.3 Å². The van der Waals surface area contributed by atoms with E-state index in [1.807, 2.05) is 6.92 Å². The zero-order chi connectivity index (χ0) is 22.1. The summed E-state index contributed by atoms with van der Waals surface area (Å²) in [6.07, 6.45) is 4.47. The lowest BCUT2D eigenvalue weighted by Crippen LogP contribution is -2.48. The van der Waals surface area contributed by atoms with Gasteiger partial charge in [0.2, 0.25) is 0 Å². The van der Waals surface area contributed by atoms with Crippen molar-refractivity contribution in [2.75, 3.05) is 39.3 Å². The van der Waals surface area contributed by atoms with Gasteiger partial charge in [-0.25, -0.2) is 4.39 Å². The summed E-state index contributed by atoms with van der Waals surface area (Å²) in [5.41, 5.74) is 3.11. The van der Waals surface area contributed by atoms with Crippen LogP contribution in [0.2, 0.25) is 0 Å². The molecule has 1 saturated heterocycles. The number of hydrogen-bond acceptors (Lipinski definition) is 4. The molecule has 1 unspecified atom stereocenters. The normalized spacial score (nSPS) is 16.1. The van der Waals surface area contributed by atoms with Crippen LogP contribution in [0.15, 0.2) is 42.5 Å². The summed E-state index contributed by atoms with van der Waals surface area (Å²) in [6, 6.07) is 15.3. The molecule has 1 aliphatic rings. The van der Waals surface area contributed by atoms with Crippen LogP contribution in [-0.2, 0) is 0 Å². The zero-order valence-corrected chi connectivity index (χ0v) is 18.8. The van der Waals surface area contributed by atoms with Crippen molar-refractivity contribution < 1.29 is 9.13 Å². The van der Waals surface area contributed by atoms with Crippen molar-refractivity contribution in [3.63, 3.8) is 0 Å². The summed E-state index contributed by atoms with van der Waals surface area (Å²) >= 11 is 0. The number of ether oxygens (including phenoxy) is 1. The minimum absolute atomic E-state index is 0.239. The number of benzene rings is 2. The molecule has 0 aliphatic carbocycles. The highest BCUT2D eigenvalue weighted by Crippen LogP contribution is 2.29. The Balaban J connectivity index is 1.48. The summed E-state index contributed by atoms with van der Waals surface area (Å²) in [6.45, 7) is 10.1. The molecular weight excluding hydrogens is 389 g/mol. The number of piperazine rings is 1. The maximum Gasteiger partial charge on any atom is 0.123 e. The van der Waals surface area contributed by atoms with Crippen molar-refractivity contribution >= 4 is 0 Å². The number of aryl methyl sites for hydroxylation is 1. The molecule has 0 amide bonds. The summed E-state index contributed by atoms with van der Waals surface area (Å²) in [4.78, 5) is 5.09. The first-order valence-corrected chi connectivity index (χ1v) is 11.5. The van der Waals surface area contributed by atoms with Gasteiger partial charge in [-0.3, -0.25) is 4.90 Å². The van der Waals surface area contributed by atoms with Gasteiger partial charge in [-0.15, -0.1) is 0 Å². The Hall–Kier alpha value is -2.42. The van der Waals surface area contributed by atoms with E-state index in [4.69, 9.17) is 4.74 Å². The van der Waals surface area contributed by atoms with E-state index in [1.165, 1.54) is 30.5 Å². The van der Waals surface area contributed by atoms with Crippen molar-refractivity contribution in [1.82, 2.24) is 9.80 Å². The van der Waals surface area contributed by atoms with E-state index in [1.54, 1.807) is 12.1 Å². The number of unbranched alkanes of at least 4 members (excludes halogenated alkanes) is 1. The molecule has 31 heavy (non-hydrogen) atoms. The Morgan fingerprint density at radius 1 is 1.06 bits per heavy atom. The summed E-state index contributed by atoms with van der Waals surface area (Å²) in [5, 5.41) is 9.44. The number of rotatable bonds is 10. The van der Waals surface area contributed by atoms with Crippen molar-refractivity contribution in [2.24, 2.45) is 0 Å². The van der Waals surface area contributed by atoms with Gasteiger partial charge in [0.15, 0.2) is 0 Å². The largest absolute Gasteiger partial charge is 0.494 e. The maximum absolute atomic E-state index is 13.0. The number of nitriles is 1. The van der Waals surface area contributed by atoms with E-state index < -0.39 is 0 Å². The lowest BCUT2D eigenvalue weighted by Gasteiger charge is -2.39. The van der Waals surface area contributed by atoms with Crippen LogP contribution >= 0.6 is 0 Å². The van der Waals surface area contributed by atoms with Crippen LogP contribution in [0.5, 0.6) is 5.75 Å². The second-order valence-electron chi connectivity index (χ2n) is 8.38. The molecule has 5 heteroatoms. The molecule has 2 aromatic rings. The first kappa shape index (κ1) is 23.2. The molecule has 1 atom stereocenters. The molecule has 3 rings (SSSR count). The lowest BCUT2D eigenvalue weighted by atomic mass is 9.95. The summed E-state index contributed by atoms with van der Waals surface area (Å²) < 4.78 is 18.7. The van der Waals surface area contributed by atoms with Crippen LogP contribution in [0, 0.1) is 24.1 Å². The Kier molecular flexibility index (Phi) is 8.87. The minimum atomic E-state index is -0.239. The van der Waals surface area contributed by atoms with Crippen molar-refractivity contribution in [2.45, 2.75) is 45.6 Å². The highest BCUT2D eigenvalue weighted by molar-refractivity contribution is 5.40. The number of nitrogens with zero attached hydrogens (tertiary/aromatic N) is 3. The standard InChI is InChI=1S/C26H34FN3O/c1-3-4-6-26(22-8-7-21(2)23(19-22)20-28)30-16-14-29(15-17-30)13-5-18-31-25-11-9-24(27)10-12-25/h7-12,19,26H,3-6,13-18H2,1-2H3. The first-order chi connectivity index (χ1) is 15.1. The van der Waals surface area contributed by atoms with E-state index in [0.717, 1.165) is 62.4 Å². The average Bonchev–Trinajstić information content (AvgIpc) is 2.80. The molecule has 1 heterocycles. The Bertz CT molecular complexity index is 854. The van der Waals surface area contributed by atoms with E-state index >= 15 is 0 Å². The molecule has 1 aliphatic heterocycles. The van der Waals surface area contributed by atoms with Crippen LogP contribution in [0.25, 0.3) is 0 Å². The molecule has 166 valence electrons. The third-order valence-electron chi connectivity index (χ3n) is 6.15. The molecule has 1 fully saturated rings. The highest BCUT2D eigenvalue weighted by atomic mass is 19.1. The fourth-order valence-electron chi connectivity index (χ4n) is 4.23. The van der Waals surface area contributed by atoms with E-state index in [-0.39, 0.29) is 5.82 Å². The van der Waals surface area contributed by atoms with Gasteiger partial charge in [-0.05, 0) is 61.2 Å². The molecule has 0 radical (unpaired) electrons. The first-order valence-electron chi connectivity index (χ1n) is 11.5. The zero-order valence-electron chi connectivity index (χ0n) is 18.8. The van der Waals surface area contributed by atoms with Crippen molar-refractivity contribution in [1.29, 1.82) is 5.26 Å². The second-order valence-corrected chi connectivity index (χ2v) is 8.38. The molecule has 0 spiro atoms. The fourth-order valence-corrected chi connectivity index (χ4v) is 4.23. The van der Waals surface area contributed by atoms with Crippen LogP contribution < -0.4 is 4.74 Å². The fraction of sp³-hybridized carbons (Fsp3) is 0.500. The van der Waals surface area contributed by atoms with Gasteiger partial charge in [-0.2, -0.15) is 5.26 Å².